The first-order chi connectivity index (χ1) is 8.81. The summed E-state index contributed by atoms with van der Waals surface area (Å²) in [7, 11) is 0. The molecule has 0 radical (unpaired) electrons. The van der Waals surface area contributed by atoms with Gasteiger partial charge in [-0.25, -0.2) is 9.36 Å². The van der Waals surface area contributed by atoms with Crippen LogP contribution >= 0.6 is 11.6 Å². The minimum atomic E-state index is 0.549. The normalized spacial score (nSPS) is 10.7. The molecule has 0 atom stereocenters. The van der Waals surface area contributed by atoms with Gasteiger partial charge in [0, 0.05) is 11.2 Å². The molecule has 2 heterocycles. The fraction of sp³-hybridized carbons (Fsp3) is 0.0909. The van der Waals surface area contributed by atoms with Gasteiger partial charge < -0.3 is 0 Å². The van der Waals surface area contributed by atoms with Crippen molar-refractivity contribution in [2.75, 3.05) is 0 Å². The smallest absolute Gasteiger partial charge is 0.105 e. The highest BCUT2D eigenvalue weighted by Gasteiger charge is 2.04. The van der Waals surface area contributed by atoms with Crippen LogP contribution in [0.25, 0.3) is 5.69 Å². The van der Waals surface area contributed by atoms with Crippen LogP contribution in [0.4, 0.5) is 0 Å². The number of hydrogen-bond acceptors (Lipinski definition) is 4. The van der Waals surface area contributed by atoms with Crippen molar-refractivity contribution in [3.63, 3.8) is 0 Å². The molecule has 0 saturated heterocycles. The summed E-state index contributed by atoms with van der Waals surface area (Å²) < 4.78 is 3.39. The summed E-state index contributed by atoms with van der Waals surface area (Å²) in [5, 5.41) is 16.4. The predicted molar refractivity (Wildman–Crippen MR) is 65.5 cm³/mol. The van der Waals surface area contributed by atoms with E-state index in [-0.39, 0.29) is 0 Å². The van der Waals surface area contributed by atoms with Gasteiger partial charge in [-0.15, -0.1) is 10.2 Å². The van der Waals surface area contributed by atoms with Crippen LogP contribution in [0.15, 0.2) is 42.9 Å². The van der Waals surface area contributed by atoms with E-state index >= 15 is 0 Å². The minimum absolute atomic E-state index is 0.549. The van der Waals surface area contributed by atoms with Crippen LogP contribution in [0.3, 0.4) is 0 Å². The van der Waals surface area contributed by atoms with E-state index in [9.17, 15) is 0 Å². The molecule has 0 unspecified atom stereocenters. The first-order valence-corrected chi connectivity index (χ1v) is 5.70. The molecular formula is C11H9ClN6. The highest BCUT2D eigenvalue weighted by molar-refractivity contribution is 6.30. The van der Waals surface area contributed by atoms with Gasteiger partial charge in [-0.05, 0) is 24.3 Å². The first kappa shape index (κ1) is 10.9. The van der Waals surface area contributed by atoms with Crippen molar-refractivity contribution < 1.29 is 0 Å². The molecule has 90 valence electrons. The number of aromatic nitrogens is 6. The molecule has 6 nitrogen and oxygen atoms in total. The van der Waals surface area contributed by atoms with E-state index in [0.717, 1.165) is 11.4 Å². The molecule has 0 N–H and O–H groups in total. The van der Waals surface area contributed by atoms with Crippen molar-refractivity contribution >= 4 is 11.6 Å². The SMILES string of the molecule is Clc1ccc(-n2cc(Cn3ccnn3)nn2)cc1. The van der Waals surface area contributed by atoms with Crippen molar-refractivity contribution in [3.8, 4) is 5.69 Å². The number of halogens is 1. The van der Waals surface area contributed by atoms with E-state index in [0.29, 0.717) is 11.6 Å². The number of rotatable bonds is 3. The third-order valence-electron chi connectivity index (χ3n) is 2.43. The van der Waals surface area contributed by atoms with Gasteiger partial charge in [-0.3, -0.25) is 0 Å². The molecule has 0 fully saturated rings. The molecule has 3 aromatic rings. The van der Waals surface area contributed by atoms with Gasteiger partial charge in [-0.2, -0.15) is 0 Å². The van der Waals surface area contributed by atoms with Crippen molar-refractivity contribution in [2.45, 2.75) is 6.54 Å². The summed E-state index contributed by atoms with van der Waals surface area (Å²) in [6, 6.07) is 7.40. The quantitative estimate of drug-likeness (QED) is 0.717. The average molecular weight is 261 g/mol. The van der Waals surface area contributed by atoms with E-state index in [2.05, 4.69) is 20.6 Å². The molecular weight excluding hydrogens is 252 g/mol. The Balaban J connectivity index is 1.83. The maximum Gasteiger partial charge on any atom is 0.105 e. The second-order valence-electron chi connectivity index (χ2n) is 3.73. The van der Waals surface area contributed by atoms with E-state index in [1.165, 1.54) is 0 Å². The molecule has 0 saturated carbocycles. The van der Waals surface area contributed by atoms with Gasteiger partial charge in [0.15, 0.2) is 0 Å². The van der Waals surface area contributed by atoms with Crippen LogP contribution in [0.1, 0.15) is 5.69 Å². The molecule has 2 aromatic heterocycles. The zero-order valence-corrected chi connectivity index (χ0v) is 10.1. The fourth-order valence-corrected chi connectivity index (χ4v) is 1.70. The lowest BCUT2D eigenvalue weighted by Gasteiger charge is -1.98. The number of benzene rings is 1. The van der Waals surface area contributed by atoms with E-state index in [4.69, 9.17) is 11.6 Å². The minimum Gasteiger partial charge on any atom is -0.246 e. The van der Waals surface area contributed by atoms with Gasteiger partial charge in [-0.1, -0.05) is 22.0 Å². The molecule has 0 aliphatic carbocycles. The van der Waals surface area contributed by atoms with Crippen LogP contribution < -0.4 is 0 Å². The molecule has 3 rings (SSSR count). The summed E-state index contributed by atoms with van der Waals surface area (Å²) >= 11 is 5.84. The zero-order valence-electron chi connectivity index (χ0n) is 9.31. The second-order valence-corrected chi connectivity index (χ2v) is 4.17. The Labute approximate surface area is 108 Å². The van der Waals surface area contributed by atoms with E-state index < -0.39 is 0 Å². The summed E-state index contributed by atoms with van der Waals surface area (Å²) in [5.74, 6) is 0. The van der Waals surface area contributed by atoms with Crippen molar-refractivity contribution in [1.29, 1.82) is 0 Å². The fourth-order valence-electron chi connectivity index (χ4n) is 1.57. The Hall–Kier alpha value is -2.21. The Bertz CT molecular complexity index is 628. The lowest BCUT2D eigenvalue weighted by Crippen LogP contribution is -2.00. The van der Waals surface area contributed by atoms with Crippen LogP contribution in [0.5, 0.6) is 0 Å². The van der Waals surface area contributed by atoms with Crippen molar-refractivity contribution in [2.24, 2.45) is 0 Å². The number of hydrogen-bond donors (Lipinski definition) is 0. The Morgan fingerprint density at radius 3 is 2.67 bits per heavy atom. The summed E-state index contributed by atoms with van der Waals surface area (Å²) in [5.41, 5.74) is 1.73. The van der Waals surface area contributed by atoms with E-state index in [1.54, 1.807) is 21.8 Å². The Morgan fingerprint density at radius 1 is 1.11 bits per heavy atom. The van der Waals surface area contributed by atoms with Crippen molar-refractivity contribution in [3.05, 3.63) is 53.6 Å². The monoisotopic (exact) mass is 260 g/mol. The zero-order chi connectivity index (χ0) is 12.4. The van der Waals surface area contributed by atoms with Gasteiger partial charge in [0.25, 0.3) is 0 Å². The Kier molecular flexibility index (Phi) is 2.77. The average Bonchev–Trinajstić information content (AvgIpc) is 3.02. The molecule has 0 aliphatic rings. The molecule has 0 spiro atoms. The Morgan fingerprint density at radius 2 is 1.94 bits per heavy atom. The lowest BCUT2D eigenvalue weighted by molar-refractivity contribution is 0.636. The summed E-state index contributed by atoms with van der Waals surface area (Å²) in [4.78, 5) is 0. The maximum absolute atomic E-state index is 5.84. The van der Waals surface area contributed by atoms with Gasteiger partial charge in [0.1, 0.15) is 5.69 Å². The van der Waals surface area contributed by atoms with E-state index in [1.807, 2.05) is 30.5 Å². The van der Waals surface area contributed by atoms with Gasteiger partial charge >= 0.3 is 0 Å². The highest BCUT2D eigenvalue weighted by Crippen LogP contribution is 2.12. The van der Waals surface area contributed by atoms with Crippen LogP contribution in [-0.4, -0.2) is 30.0 Å². The topological polar surface area (TPSA) is 61.4 Å². The second kappa shape index (κ2) is 4.58. The van der Waals surface area contributed by atoms with Crippen LogP contribution in [0.2, 0.25) is 5.02 Å². The van der Waals surface area contributed by atoms with Gasteiger partial charge in [0.05, 0.1) is 24.6 Å². The highest BCUT2D eigenvalue weighted by atomic mass is 35.5. The predicted octanol–water partition coefficient (Wildman–Crippen LogP) is 1.56. The largest absolute Gasteiger partial charge is 0.246 e. The van der Waals surface area contributed by atoms with Crippen molar-refractivity contribution in [1.82, 2.24) is 30.0 Å². The lowest BCUT2D eigenvalue weighted by atomic mass is 10.3. The molecule has 18 heavy (non-hydrogen) atoms. The first-order valence-electron chi connectivity index (χ1n) is 5.32. The maximum atomic E-state index is 5.84. The van der Waals surface area contributed by atoms with Gasteiger partial charge in [0.2, 0.25) is 0 Å². The number of nitrogens with zero attached hydrogens (tertiary/aromatic N) is 6. The standard InChI is InChI=1S/C11H9ClN6/c12-9-1-3-11(4-2-9)18-8-10(14-16-18)7-17-6-5-13-15-17/h1-6,8H,7H2. The van der Waals surface area contributed by atoms with Crippen LogP contribution in [-0.2, 0) is 6.54 Å². The summed E-state index contributed by atoms with van der Waals surface area (Å²) in [6.07, 6.45) is 5.26. The third kappa shape index (κ3) is 2.23. The molecule has 7 heteroatoms. The van der Waals surface area contributed by atoms with Crippen LogP contribution in [0, 0.1) is 0 Å². The molecule has 0 bridgehead atoms. The molecule has 1 aromatic carbocycles. The molecule has 0 amide bonds. The summed E-state index contributed by atoms with van der Waals surface area (Å²) in [6.45, 7) is 0.549. The molecule has 0 aliphatic heterocycles. The third-order valence-corrected chi connectivity index (χ3v) is 2.68.